The highest BCUT2D eigenvalue weighted by Gasteiger charge is 2.18. The number of aromatic nitrogens is 1. The fourth-order valence-electron chi connectivity index (χ4n) is 1.61. The number of thiazole rings is 1. The van der Waals surface area contributed by atoms with Crippen LogP contribution >= 0.6 is 11.3 Å². The van der Waals surface area contributed by atoms with Gasteiger partial charge in [0.25, 0.3) is 0 Å². The highest BCUT2D eigenvalue weighted by Crippen LogP contribution is 2.02. The number of ether oxygens (including phenoxy) is 1. The Hall–Kier alpha value is -1.63. The molecule has 1 aromatic rings. The van der Waals surface area contributed by atoms with Gasteiger partial charge < -0.3 is 9.64 Å². The van der Waals surface area contributed by atoms with Crippen LogP contribution in [0.15, 0.2) is 10.2 Å². The minimum atomic E-state index is -0.462. The molecule has 0 fully saturated rings. The molecule has 0 radical (unpaired) electrons. The summed E-state index contributed by atoms with van der Waals surface area (Å²) in [5, 5.41) is 1.71. The van der Waals surface area contributed by atoms with Gasteiger partial charge in [-0.05, 0) is 13.3 Å². The summed E-state index contributed by atoms with van der Waals surface area (Å²) in [4.78, 5) is 36.2. The molecule has 0 spiro atoms. The number of amides is 1. The van der Waals surface area contributed by atoms with Crippen LogP contribution < -0.4 is 4.87 Å². The van der Waals surface area contributed by atoms with Crippen LogP contribution in [-0.2, 0) is 20.9 Å². The molecule has 0 atom stereocenters. The van der Waals surface area contributed by atoms with Crippen LogP contribution in [0.3, 0.4) is 0 Å². The number of methoxy groups -OCH3 is 1. The number of carbonyl (C=O) groups is 2. The van der Waals surface area contributed by atoms with Crippen LogP contribution in [0.2, 0.25) is 0 Å². The second-order valence-electron chi connectivity index (χ2n) is 4.12. The molecule has 0 aromatic carbocycles. The van der Waals surface area contributed by atoms with Gasteiger partial charge in [0, 0.05) is 17.6 Å². The van der Waals surface area contributed by atoms with Crippen LogP contribution in [0, 0.1) is 6.92 Å². The summed E-state index contributed by atoms with van der Waals surface area (Å²) < 4.78 is 5.97. The van der Waals surface area contributed by atoms with Gasteiger partial charge >= 0.3 is 10.8 Å². The molecule has 0 aliphatic heterocycles. The lowest BCUT2D eigenvalue weighted by atomic mass is 10.3. The van der Waals surface area contributed by atoms with Crippen molar-refractivity contribution in [3.8, 4) is 0 Å². The molecule has 1 aromatic heterocycles. The largest absolute Gasteiger partial charge is 0.468 e. The fraction of sp³-hybridized carbons (Fsp3) is 0.583. The van der Waals surface area contributed by atoms with Crippen LogP contribution in [0.5, 0.6) is 0 Å². The first-order valence-corrected chi connectivity index (χ1v) is 6.87. The van der Waals surface area contributed by atoms with Gasteiger partial charge in [-0.15, -0.1) is 0 Å². The van der Waals surface area contributed by atoms with Gasteiger partial charge in [0.05, 0.1) is 7.11 Å². The maximum atomic E-state index is 12.1. The van der Waals surface area contributed by atoms with E-state index in [4.69, 9.17) is 0 Å². The smallest absolute Gasteiger partial charge is 0.325 e. The van der Waals surface area contributed by atoms with Crippen LogP contribution in [-0.4, -0.2) is 41.5 Å². The summed E-state index contributed by atoms with van der Waals surface area (Å²) in [6.45, 7) is 4.04. The van der Waals surface area contributed by atoms with E-state index in [2.05, 4.69) is 4.74 Å². The molecule has 0 N–H and O–H groups in total. The van der Waals surface area contributed by atoms with E-state index in [1.54, 1.807) is 12.3 Å². The maximum Gasteiger partial charge on any atom is 0.325 e. The lowest BCUT2D eigenvalue weighted by Gasteiger charge is -2.21. The third-order valence-corrected chi connectivity index (χ3v) is 3.54. The zero-order chi connectivity index (χ0) is 14.4. The fourth-order valence-corrected chi connectivity index (χ4v) is 2.35. The Bertz CT molecular complexity index is 506. The van der Waals surface area contributed by atoms with E-state index in [1.807, 2.05) is 6.92 Å². The first kappa shape index (κ1) is 15.4. The summed E-state index contributed by atoms with van der Waals surface area (Å²) in [6.07, 6.45) is 0.736. The van der Waals surface area contributed by atoms with Gasteiger partial charge in [-0.1, -0.05) is 18.3 Å². The van der Waals surface area contributed by atoms with Crippen molar-refractivity contribution in [2.24, 2.45) is 0 Å². The van der Waals surface area contributed by atoms with E-state index in [0.717, 1.165) is 23.5 Å². The molecule has 7 heteroatoms. The average molecular weight is 286 g/mol. The van der Waals surface area contributed by atoms with E-state index in [0.29, 0.717) is 6.54 Å². The van der Waals surface area contributed by atoms with Crippen LogP contribution in [0.4, 0.5) is 0 Å². The summed E-state index contributed by atoms with van der Waals surface area (Å²) >= 11 is 1.06. The zero-order valence-corrected chi connectivity index (χ0v) is 12.2. The van der Waals surface area contributed by atoms with Crippen molar-refractivity contribution in [2.75, 3.05) is 20.2 Å². The van der Waals surface area contributed by atoms with Crippen molar-refractivity contribution in [2.45, 2.75) is 26.8 Å². The predicted molar refractivity (Wildman–Crippen MR) is 72.2 cm³/mol. The van der Waals surface area contributed by atoms with Gasteiger partial charge in [0.1, 0.15) is 13.1 Å². The topological polar surface area (TPSA) is 68.6 Å². The quantitative estimate of drug-likeness (QED) is 0.719. The Labute approximate surface area is 115 Å². The summed E-state index contributed by atoms with van der Waals surface area (Å²) in [6, 6.07) is 0. The minimum Gasteiger partial charge on any atom is -0.468 e. The normalized spacial score (nSPS) is 10.3. The number of rotatable bonds is 6. The SMILES string of the molecule is CCCN(CC(=O)OC)C(=O)Cn1c(C)csc1=O. The van der Waals surface area contributed by atoms with E-state index in [9.17, 15) is 14.4 Å². The van der Waals surface area contributed by atoms with E-state index in [1.165, 1.54) is 16.6 Å². The highest BCUT2D eigenvalue weighted by atomic mass is 32.1. The average Bonchev–Trinajstić information content (AvgIpc) is 2.69. The van der Waals surface area contributed by atoms with E-state index in [-0.39, 0.29) is 23.9 Å². The molecule has 0 bridgehead atoms. The van der Waals surface area contributed by atoms with Gasteiger partial charge in [-0.25, -0.2) is 0 Å². The van der Waals surface area contributed by atoms with Crippen molar-refractivity contribution >= 4 is 23.2 Å². The zero-order valence-electron chi connectivity index (χ0n) is 11.3. The lowest BCUT2D eigenvalue weighted by molar-refractivity contribution is -0.147. The third kappa shape index (κ3) is 4.20. The molecule has 106 valence electrons. The van der Waals surface area contributed by atoms with E-state index < -0.39 is 5.97 Å². The molecule has 0 aliphatic rings. The molecule has 1 amide bonds. The van der Waals surface area contributed by atoms with Crippen LogP contribution in [0.25, 0.3) is 0 Å². The van der Waals surface area contributed by atoms with Crippen molar-refractivity contribution in [1.82, 2.24) is 9.47 Å². The Balaban J connectivity index is 2.77. The van der Waals surface area contributed by atoms with Crippen LogP contribution in [0.1, 0.15) is 19.0 Å². The van der Waals surface area contributed by atoms with Gasteiger partial charge in [-0.3, -0.25) is 19.0 Å². The second kappa shape index (κ2) is 7.08. The Morgan fingerprint density at radius 2 is 2.16 bits per heavy atom. The molecule has 19 heavy (non-hydrogen) atoms. The Kier molecular flexibility index (Phi) is 5.75. The van der Waals surface area contributed by atoms with Crippen molar-refractivity contribution in [1.29, 1.82) is 0 Å². The monoisotopic (exact) mass is 286 g/mol. The van der Waals surface area contributed by atoms with E-state index >= 15 is 0 Å². The van der Waals surface area contributed by atoms with Crippen molar-refractivity contribution < 1.29 is 14.3 Å². The Morgan fingerprint density at radius 3 is 2.63 bits per heavy atom. The van der Waals surface area contributed by atoms with Gasteiger partial charge in [-0.2, -0.15) is 0 Å². The first-order valence-electron chi connectivity index (χ1n) is 5.99. The van der Waals surface area contributed by atoms with Gasteiger partial charge in [0.15, 0.2) is 0 Å². The predicted octanol–water partition coefficient (Wildman–Crippen LogP) is 0.630. The van der Waals surface area contributed by atoms with Crippen molar-refractivity contribution in [3.63, 3.8) is 0 Å². The number of hydrogen-bond donors (Lipinski definition) is 0. The molecule has 6 nitrogen and oxygen atoms in total. The standard InChI is InChI=1S/C12H18N2O4S/c1-4-5-13(7-11(16)18-3)10(15)6-14-9(2)8-19-12(14)17/h8H,4-7H2,1-3H3. The molecular weight excluding hydrogens is 268 g/mol. The van der Waals surface area contributed by atoms with Gasteiger partial charge in [0.2, 0.25) is 5.91 Å². The summed E-state index contributed by atoms with van der Waals surface area (Å²) in [7, 11) is 1.28. The second-order valence-corrected chi connectivity index (χ2v) is 4.94. The third-order valence-electron chi connectivity index (χ3n) is 2.66. The first-order chi connectivity index (χ1) is 8.99. The molecule has 1 rings (SSSR count). The summed E-state index contributed by atoms with van der Waals surface area (Å²) in [5.41, 5.74) is 0.748. The number of aryl methyl sites for hydroxylation is 1. The van der Waals surface area contributed by atoms with Crippen molar-refractivity contribution in [3.05, 3.63) is 20.7 Å². The summed E-state index contributed by atoms with van der Waals surface area (Å²) in [5.74, 6) is -0.716. The minimum absolute atomic E-state index is 0.0365. The maximum absolute atomic E-state index is 12.1. The molecule has 0 saturated heterocycles. The molecule has 0 saturated carbocycles. The molecule has 0 aliphatic carbocycles. The molecule has 1 heterocycles. The molecule has 0 unspecified atom stereocenters. The highest BCUT2D eigenvalue weighted by molar-refractivity contribution is 7.07. The number of esters is 1. The number of hydrogen-bond acceptors (Lipinski definition) is 5. The molecular formula is C12H18N2O4S. The number of nitrogens with zero attached hydrogens (tertiary/aromatic N) is 2. The number of carbonyl (C=O) groups excluding carboxylic acids is 2. The Morgan fingerprint density at radius 1 is 1.47 bits per heavy atom. The lowest BCUT2D eigenvalue weighted by Crippen LogP contribution is -2.40.